The van der Waals surface area contributed by atoms with Crippen molar-refractivity contribution < 1.29 is 9.53 Å². The van der Waals surface area contributed by atoms with Gasteiger partial charge in [0.1, 0.15) is 11.7 Å². The van der Waals surface area contributed by atoms with Crippen LogP contribution in [0, 0.1) is 5.41 Å². The molecule has 2 heterocycles. The van der Waals surface area contributed by atoms with Crippen LogP contribution >= 0.6 is 0 Å². The normalized spacial score (nSPS) is 19.5. The van der Waals surface area contributed by atoms with Crippen LogP contribution < -0.4 is 10.6 Å². The van der Waals surface area contributed by atoms with Crippen LogP contribution in [0.5, 0.6) is 0 Å². The summed E-state index contributed by atoms with van der Waals surface area (Å²) in [6.45, 7) is 2.41. The Kier molecular flexibility index (Phi) is 5.45. The highest BCUT2D eigenvalue weighted by Crippen LogP contribution is 2.42. The van der Waals surface area contributed by atoms with Gasteiger partial charge in [-0.25, -0.2) is 4.98 Å². The third-order valence-corrected chi connectivity index (χ3v) is 5.00. The molecule has 1 aliphatic carbocycles. The van der Waals surface area contributed by atoms with Crippen LogP contribution in [0.15, 0.2) is 23.3 Å². The monoisotopic (exact) mass is 330 g/mol. The molecule has 0 bridgehead atoms. The van der Waals surface area contributed by atoms with Gasteiger partial charge in [0.25, 0.3) is 0 Å². The lowest BCUT2D eigenvalue weighted by atomic mass is 9.82. The van der Waals surface area contributed by atoms with Gasteiger partial charge in [-0.2, -0.15) is 0 Å². The molecule has 0 spiro atoms. The highest BCUT2D eigenvalue weighted by molar-refractivity contribution is 5.99. The molecule has 6 nitrogen and oxygen atoms in total. The molecular formula is C18H26N4O2. The second-order valence-corrected chi connectivity index (χ2v) is 6.63. The lowest BCUT2D eigenvalue weighted by molar-refractivity contribution is -0.126. The quantitative estimate of drug-likeness (QED) is 0.839. The van der Waals surface area contributed by atoms with Crippen LogP contribution in [0.4, 0.5) is 5.82 Å². The molecule has 1 fully saturated rings. The Hall–Kier alpha value is -1.95. The summed E-state index contributed by atoms with van der Waals surface area (Å²) in [5.74, 6) is 1.56. The fourth-order valence-corrected chi connectivity index (χ4v) is 3.52. The molecule has 0 radical (unpaired) electrons. The number of amidine groups is 1. The summed E-state index contributed by atoms with van der Waals surface area (Å²) in [5, 5.41) is 6.28. The van der Waals surface area contributed by atoms with Crippen molar-refractivity contribution >= 4 is 17.6 Å². The minimum atomic E-state index is -0.300. The fourth-order valence-electron chi connectivity index (χ4n) is 3.52. The lowest BCUT2D eigenvalue weighted by Crippen LogP contribution is -2.35. The fraction of sp³-hybridized carbons (Fsp3) is 0.611. The molecule has 2 aliphatic rings. The van der Waals surface area contributed by atoms with Crippen molar-refractivity contribution in [3.8, 4) is 0 Å². The Morgan fingerprint density at radius 3 is 2.79 bits per heavy atom. The van der Waals surface area contributed by atoms with Crippen LogP contribution in [0.25, 0.3) is 0 Å². The van der Waals surface area contributed by atoms with E-state index < -0.39 is 0 Å². The van der Waals surface area contributed by atoms with Gasteiger partial charge in [-0.3, -0.25) is 9.79 Å². The van der Waals surface area contributed by atoms with E-state index in [1.54, 1.807) is 13.3 Å². The van der Waals surface area contributed by atoms with Crippen LogP contribution in [0.2, 0.25) is 0 Å². The van der Waals surface area contributed by atoms with Crippen LogP contribution in [-0.2, 0) is 9.53 Å². The van der Waals surface area contributed by atoms with Gasteiger partial charge in [0, 0.05) is 38.6 Å². The van der Waals surface area contributed by atoms with E-state index in [1.807, 2.05) is 12.1 Å². The molecular weight excluding hydrogens is 304 g/mol. The number of hydrogen-bond acceptors (Lipinski definition) is 5. The number of rotatable bonds is 6. The number of carbonyl (C=O) groups is 1. The van der Waals surface area contributed by atoms with Crippen molar-refractivity contribution in [1.29, 1.82) is 0 Å². The highest BCUT2D eigenvalue weighted by Gasteiger charge is 2.40. The summed E-state index contributed by atoms with van der Waals surface area (Å²) in [4.78, 5) is 21.6. The minimum Gasteiger partial charge on any atom is -0.385 e. The number of anilines is 1. The number of ether oxygens (including phenoxy) is 1. The average Bonchev–Trinajstić information content (AvgIpc) is 3.12. The molecule has 0 aromatic carbocycles. The molecule has 1 aromatic rings. The molecule has 0 unspecified atom stereocenters. The van der Waals surface area contributed by atoms with E-state index in [-0.39, 0.29) is 11.3 Å². The number of aliphatic imine (C=N–C) groups is 1. The number of methoxy groups -OCH3 is 1. The third kappa shape index (κ3) is 3.75. The molecule has 130 valence electrons. The number of pyridine rings is 1. The summed E-state index contributed by atoms with van der Waals surface area (Å²) in [6, 6.07) is 3.81. The molecule has 2 N–H and O–H groups in total. The second-order valence-electron chi connectivity index (χ2n) is 6.63. The zero-order valence-corrected chi connectivity index (χ0v) is 14.3. The van der Waals surface area contributed by atoms with E-state index >= 15 is 0 Å². The average molecular weight is 330 g/mol. The highest BCUT2D eigenvalue weighted by atomic mass is 16.5. The largest absolute Gasteiger partial charge is 0.385 e. The number of aromatic nitrogens is 1. The zero-order chi connectivity index (χ0) is 16.8. The van der Waals surface area contributed by atoms with Gasteiger partial charge in [0.15, 0.2) is 0 Å². The lowest BCUT2D eigenvalue weighted by Gasteiger charge is -2.27. The Morgan fingerprint density at radius 2 is 2.17 bits per heavy atom. The maximum atomic E-state index is 12.8. The van der Waals surface area contributed by atoms with Crippen LogP contribution in [0.3, 0.4) is 0 Å². The van der Waals surface area contributed by atoms with Crippen molar-refractivity contribution in [2.45, 2.75) is 38.5 Å². The third-order valence-electron chi connectivity index (χ3n) is 5.00. The SMILES string of the molecule is COCCC1(C(=O)Nc2ccc(C3=NCCCN3)cn2)CCCC1. The predicted octanol–water partition coefficient (Wildman–Crippen LogP) is 2.36. The molecule has 1 amide bonds. The van der Waals surface area contributed by atoms with E-state index in [4.69, 9.17) is 4.74 Å². The van der Waals surface area contributed by atoms with E-state index in [2.05, 4.69) is 20.6 Å². The molecule has 3 rings (SSSR count). The smallest absolute Gasteiger partial charge is 0.231 e. The predicted molar refractivity (Wildman–Crippen MR) is 94.3 cm³/mol. The van der Waals surface area contributed by atoms with Gasteiger partial charge < -0.3 is 15.4 Å². The summed E-state index contributed by atoms with van der Waals surface area (Å²) in [6.07, 6.45) is 7.68. The first-order valence-electron chi connectivity index (χ1n) is 8.79. The number of nitrogens with one attached hydrogen (secondary N) is 2. The van der Waals surface area contributed by atoms with Crippen molar-refractivity contribution in [3.63, 3.8) is 0 Å². The molecule has 6 heteroatoms. The van der Waals surface area contributed by atoms with Crippen molar-refractivity contribution in [3.05, 3.63) is 23.9 Å². The van der Waals surface area contributed by atoms with Gasteiger partial charge in [0.05, 0.1) is 5.41 Å². The maximum Gasteiger partial charge on any atom is 0.231 e. The number of nitrogens with zero attached hydrogens (tertiary/aromatic N) is 2. The second kappa shape index (κ2) is 7.75. The Bertz CT molecular complexity index is 592. The Morgan fingerprint density at radius 1 is 1.33 bits per heavy atom. The van der Waals surface area contributed by atoms with Crippen molar-refractivity contribution in [1.82, 2.24) is 10.3 Å². The standard InChI is InChI=1S/C18H26N4O2/c1-24-12-9-18(7-2-3-8-18)17(23)22-15-6-5-14(13-21-15)16-19-10-4-11-20-16/h5-6,13H,2-4,7-12H2,1H3,(H,19,20)(H,21,22,23). The first-order valence-corrected chi connectivity index (χ1v) is 8.79. The summed E-state index contributed by atoms with van der Waals surface area (Å²) in [5.41, 5.74) is 0.661. The zero-order valence-electron chi connectivity index (χ0n) is 14.3. The van der Waals surface area contributed by atoms with Gasteiger partial charge in [0.2, 0.25) is 5.91 Å². The minimum absolute atomic E-state index is 0.0745. The molecule has 1 saturated carbocycles. The number of carbonyl (C=O) groups excluding carboxylic acids is 1. The van der Waals surface area contributed by atoms with Crippen molar-refractivity contribution in [2.75, 3.05) is 32.1 Å². The van der Waals surface area contributed by atoms with Gasteiger partial charge in [-0.15, -0.1) is 0 Å². The molecule has 1 aliphatic heterocycles. The topological polar surface area (TPSA) is 75.6 Å². The molecule has 0 atom stereocenters. The number of hydrogen-bond donors (Lipinski definition) is 2. The first kappa shape index (κ1) is 16.9. The summed E-state index contributed by atoms with van der Waals surface area (Å²) in [7, 11) is 1.68. The number of amides is 1. The van der Waals surface area contributed by atoms with E-state index in [0.29, 0.717) is 12.4 Å². The van der Waals surface area contributed by atoms with Gasteiger partial charge in [-0.05, 0) is 37.8 Å². The van der Waals surface area contributed by atoms with Crippen molar-refractivity contribution in [2.24, 2.45) is 10.4 Å². The van der Waals surface area contributed by atoms with Crippen LogP contribution in [-0.4, -0.2) is 43.5 Å². The van der Waals surface area contributed by atoms with Gasteiger partial charge >= 0.3 is 0 Å². The summed E-state index contributed by atoms with van der Waals surface area (Å²) >= 11 is 0. The first-order chi connectivity index (χ1) is 11.7. The molecule has 24 heavy (non-hydrogen) atoms. The van der Waals surface area contributed by atoms with E-state index in [0.717, 1.165) is 63.0 Å². The summed E-state index contributed by atoms with van der Waals surface area (Å²) < 4.78 is 5.20. The Balaban J connectivity index is 1.66. The Labute approximate surface area is 143 Å². The van der Waals surface area contributed by atoms with Crippen LogP contribution in [0.1, 0.15) is 44.1 Å². The maximum absolute atomic E-state index is 12.8. The molecule has 0 saturated heterocycles. The molecule has 1 aromatic heterocycles. The van der Waals surface area contributed by atoms with Gasteiger partial charge in [-0.1, -0.05) is 12.8 Å². The van der Waals surface area contributed by atoms with E-state index in [9.17, 15) is 4.79 Å². The van der Waals surface area contributed by atoms with E-state index in [1.165, 1.54) is 0 Å².